The van der Waals surface area contributed by atoms with Gasteiger partial charge in [-0.1, -0.05) is 48.9 Å². The van der Waals surface area contributed by atoms with Gasteiger partial charge in [0.25, 0.3) is 0 Å². The highest BCUT2D eigenvalue weighted by Gasteiger charge is 2.20. The molecule has 0 N–H and O–H groups in total. The molecule has 2 aromatic carbocycles. The molecule has 4 aromatic rings. The molecule has 3 nitrogen and oxygen atoms in total. The second-order valence-electron chi connectivity index (χ2n) is 8.72. The highest BCUT2D eigenvalue weighted by molar-refractivity contribution is 7.09. The fourth-order valence-electron chi connectivity index (χ4n) is 4.62. The smallest absolute Gasteiger partial charge is 0.0950 e. The van der Waals surface area contributed by atoms with Crippen molar-refractivity contribution in [1.29, 1.82) is 0 Å². The van der Waals surface area contributed by atoms with E-state index in [0.29, 0.717) is 0 Å². The fourth-order valence-corrected chi connectivity index (χ4v) is 5.41. The van der Waals surface area contributed by atoms with E-state index in [1.54, 1.807) is 11.3 Å². The minimum Gasteiger partial charge on any atom is -0.343 e. The Bertz CT molecular complexity index is 1140. The predicted octanol–water partition coefficient (Wildman–Crippen LogP) is 6.16. The molecule has 1 unspecified atom stereocenters. The molecule has 3 heterocycles. The lowest BCUT2D eigenvalue weighted by molar-refractivity contribution is 0.311. The third kappa shape index (κ3) is 4.07. The van der Waals surface area contributed by atoms with Crippen molar-refractivity contribution < 1.29 is 0 Å². The first-order valence-corrected chi connectivity index (χ1v) is 11.8. The zero-order valence-corrected chi connectivity index (χ0v) is 18.7. The van der Waals surface area contributed by atoms with Gasteiger partial charge in [0, 0.05) is 53.6 Å². The molecule has 0 saturated carbocycles. The van der Waals surface area contributed by atoms with Crippen LogP contribution in [0, 0.1) is 12.8 Å². The van der Waals surface area contributed by atoms with Crippen molar-refractivity contribution in [2.24, 2.45) is 5.92 Å². The molecule has 1 aliphatic heterocycles. The Kier molecular flexibility index (Phi) is 5.45. The summed E-state index contributed by atoms with van der Waals surface area (Å²) < 4.78 is 2.53. The van der Waals surface area contributed by atoms with Crippen molar-refractivity contribution in [3.05, 3.63) is 76.2 Å². The number of benzene rings is 2. The number of rotatable bonds is 6. The van der Waals surface area contributed by atoms with Gasteiger partial charge in [0.2, 0.25) is 0 Å². The summed E-state index contributed by atoms with van der Waals surface area (Å²) in [5, 5.41) is 4.76. The van der Waals surface area contributed by atoms with E-state index in [9.17, 15) is 0 Å². The molecule has 0 amide bonds. The van der Waals surface area contributed by atoms with Crippen LogP contribution < -0.4 is 0 Å². The van der Waals surface area contributed by atoms with E-state index < -0.39 is 0 Å². The summed E-state index contributed by atoms with van der Waals surface area (Å²) in [6.45, 7) is 9.01. The van der Waals surface area contributed by atoms with Crippen LogP contribution in [0.3, 0.4) is 0 Å². The molecule has 0 radical (unpaired) electrons. The van der Waals surface area contributed by atoms with E-state index in [0.717, 1.165) is 31.1 Å². The van der Waals surface area contributed by atoms with Crippen LogP contribution in [0.15, 0.2) is 60.0 Å². The third-order valence-corrected chi connectivity index (χ3v) is 7.12. The fraction of sp³-hybridized carbons (Fsp3) is 0.346. The highest BCUT2D eigenvalue weighted by atomic mass is 32.1. The van der Waals surface area contributed by atoms with Gasteiger partial charge in [-0.15, -0.1) is 11.3 Å². The molecule has 30 heavy (non-hydrogen) atoms. The molecule has 4 heteroatoms. The average Bonchev–Trinajstić information content (AvgIpc) is 3.46. The maximum absolute atomic E-state index is 4.91. The van der Waals surface area contributed by atoms with Crippen LogP contribution in [-0.4, -0.2) is 27.5 Å². The minimum atomic E-state index is 0.816. The number of hydrogen-bond acceptors (Lipinski definition) is 3. The average molecular weight is 416 g/mol. The number of thiazole rings is 1. The Morgan fingerprint density at radius 2 is 1.97 bits per heavy atom. The summed E-state index contributed by atoms with van der Waals surface area (Å²) in [6.07, 6.45) is 2.29. The number of aromatic nitrogens is 2. The largest absolute Gasteiger partial charge is 0.343 e. The van der Waals surface area contributed by atoms with Crippen molar-refractivity contribution in [2.45, 2.75) is 39.8 Å². The first-order chi connectivity index (χ1) is 14.7. The third-order valence-electron chi connectivity index (χ3n) is 6.21. The second-order valence-corrected chi connectivity index (χ2v) is 9.66. The van der Waals surface area contributed by atoms with Crippen LogP contribution in [0.5, 0.6) is 0 Å². The molecule has 0 aliphatic carbocycles. The Balaban J connectivity index is 1.39. The lowest BCUT2D eigenvalue weighted by Crippen LogP contribution is -2.21. The molecule has 2 aromatic heterocycles. The zero-order chi connectivity index (χ0) is 20.5. The van der Waals surface area contributed by atoms with E-state index in [1.807, 2.05) is 0 Å². The van der Waals surface area contributed by atoms with Crippen LogP contribution in [0.25, 0.3) is 22.2 Å². The van der Waals surface area contributed by atoms with Crippen LogP contribution in [0.4, 0.5) is 0 Å². The van der Waals surface area contributed by atoms with Crippen molar-refractivity contribution in [3.63, 3.8) is 0 Å². The highest BCUT2D eigenvalue weighted by Crippen LogP contribution is 2.27. The molecular formula is C26H29N3S. The summed E-state index contributed by atoms with van der Waals surface area (Å²) in [5.74, 6) is 0.816. The van der Waals surface area contributed by atoms with Gasteiger partial charge < -0.3 is 4.57 Å². The first-order valence-electron chi connectivity index (χ1n) is 11.0. The summed E-state index contributed by atoms with van der Waals surface area (Å²) >= 11 is 1.78. The van der Waals surface area contributed by atoms with Crippen LogP contribution >= 0.6 is 11.3 Å². The van der Waals surface area contributed by atoms with Crippen LogP contribution in [-0.2, 0) is 19.5 Å². The van der Waals surface area contributed by atoms with Gasteiger partial charge in [0.15, 0.2) is 0 Å². The second kappa shape index (κ2) is 8.37. The summed E-state index contributed by atoms with van der Waals surface area (Å²) in [6, 6.07) is 19.7. The Morgan fingerprint density at radius 1 is 1.10 bits per heavy atom. The van der Waals surface area contributed by atoms with Gasteiger partial charge in [-0.05, 0) is 44.0 Å². The number of likely N-dealkylation sites (tertiary alicyclic amines) is 1. The number of fused-ring (bicyclic) bond motifs is 1. The molecule has 0 spiro atoms. The van der Waals surface area contributed by atoms with Gasteiger partial charge in [-0.2, -0.15) is 0 Å². The number of aryl methyl sites for hydroxylation is 3. The van der Waals surface area contributed by atoms with Crippen molar-refractivity contribution in [1.82, 2.24) is 14.5 Å². The number of nitrogens with zero attached hydrogens (tertiary/aromatic N) is 3. The Morgan fingerprint density at radius 3 is 2.77 bits per heavy atom. The monoisotopic (exact) mass is 415 g/mol. The van der Waals surface area contributed by atoms with E-state index in [-0.39, 0.29) is 0 Å². The molecule has 0 bridgehead atoms. The molecular weight excluding hydrogens is 386 g/mol. The summed E-state index contributed by atoms with van der Waals surface area (Å²) in [5.41, 5.74) is 6.40. The molecule has 1 aliphatic rings. The van der Waals surface area contributed by atoms with Crippen molar-refractivity contribution in [3.8, 4) is 11.3 Å². The van der Waals surface area contributed by atoms with Gasteiger partial charge >= 0.3 is 0 Å². The van der Waals surface area contributed by atoms with Gasteiger partial charge in [0.05, 0.1) is 10.7 Å². The zero-order valence-electron chi connectivity index (χ0n) is 17.8. The normalized spacial score (nSPS) is 17.2. The predicted molar refractivity (Wildman–Crippen MR) is 127 cm³/mol. The SMILES string of the molecule is Cc1ccc2c(c1)cc(CN1CCC(C)C1)n2CCc1nc(-c2ccccc2)cs1. The first kappa shape index (κ1) is 19.5. The standard InChI is InChI=1S/C26H29N3S/c1-19-8-9-25-22(14-19)15-23(17-28-12-10-20(2)16-28)29(25)13-11-26-27-24(18-30-26)21-6-4-3-5-7-21/h3-9,14-15,18,20H,10-13,16-17H2,1-2H3. The molecule has 1 fully saturated rings. The topological polar surface area (TPSA) is 21.1 Å². The van der Waals surface area contributed by atoms with Gasteiger partial charge in [-0.25, -0.2) is 4.98 Å². The van der Waals surface area contributed by atoms with Crippen LogP contribution in [0.2, 0.25) is 0 Å². The lowest BCUT2D eigenvalue weighted by atomic mass is 10.2. The number of hydrogen-bond donors (Lipinski definition) is 0. The molecule has 5 rings (SSSR count). The maximum atomic E-state index is 4.91. The lowest BCUT2D eigenvalue weighted by Gasteiger charge is -2.17. The van der Waals surface area contributed by atoms with E-state index in [1.165, 1.54) is 52.2 Å². The van der Waals surface area contributed by atoms with Gasteiger partial charge in [-0.3, -0.25) is 4.90 Å². The summed E-state index contributed by atoms with van der Waals surface area (Å²) in [4.78, 5) is 7.52. The minimum absolute atomic E-state index is 0.816. The van der Waals surface area contributed by atoms with Crippen LogP contribution in [0.1, 0.15) is 29.6 Å². The van der Waals surface area contributed by atoms with Gasteiger partial charge in [0.1, 0.15) is 0 Å². The van der Waals surface area contributed by atoms with E-state index in [2.05, 4.69) is 83.3 Å². The summed E-state index contributed by atoms with van der Waals surface area (Å²) in [7, 11) is 0. The molecule has 1 saturated heterocycles. The molecule has 154 valence electrons. The van der Waals surface area contributed by atoms with E-state index >= 15 is 0 Å². The quantitative estimate of drug-likeness (QED) is 0.376. The Labute approximate surface area is 183 Å². The van der Waals surface area contributed by atoms with E-state index in [4.69, 9.17) is 4.98 Å². The van der Waals surface area contributed by atoms with Crippen molar-refractivity contribution in [2.75, 3.05) is 13.1 Å². The molecule has 1 atom stereocenters. The van der Waals surface area contributed by atoms with Crippen molar-refractivity contribution >= 4 is 22.2 Å². The Hall–Kier alpha value is -2.43. The maximum Gasteiger partial charge on any atom is 0.0950 e.